The van der Waals surface area contributed by atoms with Crippen LogP contribution in [0.2, 0.25) is 0 Å². The molecule has 0 aliphatic rings. The molecule has 0 fully saturated rings. The van der Waals surface area contributed by atoms with Crippen molar-refractivity contribution in [3.05, 3.63) is 0 Å². The number of oxime groups is 1. The molecule has 0 spiro atoms. The lowest BCUT2D eigenvalue weighted by Crippen LogP contribution is -2.38. The van der Waals surface area contributed by atoms with Crippen LogP contribution in [0.5, 0.6) is 0 Å². The summed E-state index contributed by atoms with van der Waals surface area (Å²) >= 11 is 0. The Hall–Kier alpha value is -0.820. The fourth-order valence-corrected chi connectivity index (χ4v) is 2.50. The Morgan fingerprint density at radius 2 is 1.94 bits per heavy atom. The molecule has 0 aliphatic heterocycles. The second-order valence-electron chi connectivity index (χ2n) is 5.62. The molecule has 0 aromatic heterocycles. The molecule has 0 aromatic rings. The average Bonchev–Trinajstić information content (AvgIpc) is 2.23. The van der Waals surface area contributed by atoms with Gasteiger partial charge in [-0.1, -0.05) is 12.1 Å². The minimum absolute atomic E-state index is 0.107. The number of amidine groups is 1. The third-order valence-electron chi connectivity index (χ3n) is 2.88. The zero-order chi connectivity index (χ0) is 14.6. The number of rotatable bonds is 6. The second-order valence-corrected chi connectivity index (χ2v) is 8.48. The van der Waals surface area contributed by atoms with E-state index in [9.17, 15) is 8.42 Å². The molecule has 18 heavy (non-hydrogen) atoms. The van der Waals surface area contributed by atoms with E-state index in [-0.39, 0.29) is 17.5 Å². The van der Waals surface area contributed by atoms with Crippen LogP contribution in [-0.2, 0) is 9.84 Å². The van der Waals surface area contributed by atoms with Gasteiger partial charge in [0, 0.05) is 19.0 Å². The third-order valence-corrected chi connectivity index (χ3v) is 5.47. The van der Waals surface area contributed by atoms with Crippen molar-refractivity contribution < 1.29 is 13.6 Å². The van der Waals surface area contributed by atoms with Gasteiger partial charge in [0.25, 0.3) is 0 Å². The minimum Gasteiger partial charge on any atom is -0.409 e. The molecule has 3 N–H and O–H groups in total. The van der Waals surface area contributed by atoms with Crippen LogP contribution in [0.15, 0.2) is 5.16 Å². The minimum atomic E-state index is -3.11. The zero-order valence-corrected chi connectivity index (χ0v) is 12.7. The second kappa shape index (κ2) is 6.38. The molecular weight excluding hydrogens is 254 g/mol. The van der Waals surface area contributed by atoms with Crippen LogP contribution in [0.1, 0.15) is 27.7 Å². The Bertz CT molecular complexity index is 385. The first-order chi connectivity index (χ1) is 8.01. The quantitative estimate of drug-likeness (QED) is 0.320. The summed E-state index contributed by atoms with van der Waals surface area (Å²) in [5, 5.41) is 11.5. The van der Waals surface area contributed by atoms with E-state index in [1.165, 1.54) is 0 Å². The summed E-state index contributed by atoms with van der Waals surface area (Å²) in [5.41, 5.74) is 5.47. The molecule has 0 heterocycles. The summed E-state index contributed by atoms with van der Waals surface area (Å²) in [7, 11) is -1.29. The number of hydrogen-bond donors (Lipinski definition) is 2. The van der Waals surface area contributed by atoms with E-state index < -0.39 is 14.6 Å². The van der Waals surface area contributed by atoms with E-state index >= 15 is 0 Å². The van der Waals surface area contributed by atoms with Crippen LogP contribution >= 0.6 is 0 Å². The van der Waals surface area contributed by atoms with Crippen molar-refractivity contribution in [3.8, 4) is 0 Å². The fourth-order valence-electron chi connectivity index (χ4n) is 1.33. The number of sulfone groups is 1. The van der Waals surface area contributed by atoms with Crippen LogP contribution in [0.25, 0.3) is 0 Å². The van der Waals surface area contributed by atoms with Crippen LogP contribution in [-0.4, -0.2) is 55.0 Å². The SMILES string of the molecule is CC(CN(C)CCS(=O)(=O)C(C)(C)C)C(N)=NO. The van der Waals surface area contributed by atoms with Gasteiger partial charge >= 0.3 is 0 Å². The number of nitrogens with zero attached hydrogens (tertiary/aromatic N) is 2. The third kappa shape index (κ3) is 5.22. The first-order valence-electron chi connectivity index (χ1n) is 5.89. The van der Waals surface area contributed by atoms with Crippen molar-refractivity contribution in [1.82, 2.24) is 4.90 Å². The molecule has 108 valence electrons. The predicted octanol–water partition coefficient (Wildman–Crippen LogP) is 0.514. The van der Waals surface area contributed by atoms with Crippen LogP contribution in [0.3, 0.4) is 0 Å². The molecule has 6 nitrogen and oxygen atoms in total. The Morgan fingerprint density at radius 3 is 2.33 bits per heavy atom. The Balaban J connectivity index is 4.33. The smallest absolute Gasteiger partial charge is 0.156 e. The molecule has 0 rings (SSSR count). The largest absolute Gasteiger partial charge is 0.409 e. The maximum atomic E-state index is 11.9. The van der Waals surface area contributed by atoms with Gasteiger partial charge in [-0.3, -0.25) is 0 Å². The molecule has 0 aromatic carbocycles. The molecule has 0 bridgehead atoms. The van der Waals surface area contributed by atoms with Crippen molar-refractivity contribution in [1.29, 1.82) is 0 Å². The average molecular weight is 279 g/mol. The zero-order valence-electron chi connectivity index (χ0n) is 11.8. The van der Waals surface area contributed by atoms with Crippen molar-refractivity contribution in [2.75, 3.05) is 25.9 Å². The number of nitrogens with two attached hydrogens (primary N) is 1. The van der Waals surface area contributed by atoms with Gasteiger partial charge in [-0.15, -0.1) is 0 Å². The van der Waals surface area contributed by atoms with E-state index in [1.54, 1.807) is 20.8 Å². The first kappa shape index (κ1) is 17.2. The summed E-state index contributed by atoms with van der Waals surface area (Å²) in [5.74, 6) is 0.147. The van der Waals surface area contributed by atoms with Gasteiger partial charge in [0.2, 0.25) is 0 Å². The molecule has 0 radical (unpaired) electrons. The van der Waals surface area contributed by atoms with Crippen LogP contribution in [0.4, 0.5) is 0 Å². The molecule has 7 heteroatoms. The lowest BCUT2D eigenvalue weighted by molar-refractivity contribution is 0.301. The van der Waals surface area contributed by atoms with Crippen LogP contribution < -0.4 is 5.73 Å². The molecule has 0 amide bonds. The highest BCUT2D eigenvalue weighted by Crippen LogP contribution is 2.15. The van der Waals surface area contributed by atoms with Crippen molar-refractivity contribution in [2.45, 2.75) is 32.4 Å². The normalized spacial score (nSPS) is 16.0. The van der Waals surface area contributed by atoms with Crippen molar-refractivity contribution in [2.24, 2.45) is 16.8 Å². The van der Waals surface area contributed by atoms with E-state index in [4.69, 9.17) is 10.9 Å². The molecule has 0 saturated heterocycles. The van der Waals surface area contributed by atoms with E-state index in [0.29, 0.717) is 13.1 Å². The highest BCUT2D eigenvalue weighted by Gasteiger charge is 2.28. The van der Waals surface area contributed by atoms with Gasteiger partial charge in [-0.2, -0.15) is 0 Å². The maximum Gasteiger partial charge on any atom is 0.156 e. The summed E-state index contributed by atoms with van der Waals surface area (Å²) in [4.78, 5) is 1.87. The predicted molar refractivity (Wildman–Crippen MR) is 73.6 cm³/mol. The summed E-state index contributed by atoms with van der Waals surface area (Å²) in [6.45, 7) is 7.89. The fraction of sp³-hybridized carbons (Fsp3) is 0.909. The standard InChI is InChI=1S/C11H25N3O3S/c1-9(10(12)13-15)8-14(5)6-7-18(16,17)11(2,3)4/h9,15H,6-8H2,1-5H3,(H2,12,13). The van der Waals surface area contributed by atoms with E-state index in [1.807, 2.05) is 18.9 Å². The molecular formula is C11H25N3O3S. The summed E-state index contributed by atoms with van der Waals surface area (Å²) < 4.78 is 23.1. The van der Waals surface area contributed by atoms with Crippen LogP contribution in [0, 0.1) is 5.92 Å². The summed E-state index contributed by atoms with van der Waals surface area (Å²) in [6.07, 6.45) is 0. The first-order valence-corrected chi connectivity index (χ1v) is 7.54. The van der Waals surface area contributed by atoms with E-state index in [0.717, 1.165) is 0 Å². The highest BCUT2D eigenvalue weighted by molar-refractivity contribution is 7.92. The Labute approximate surface area is 110 Å². The van der Waals surface area contributed by atoms with E-state index in [2.05, 4.69) is 5.16 Å². The molecule has 0 saturated carbocycles. The molecule has 0 aliphatic carbocycles. The lowest BCUT2D eigenvalue weighted by atomic mass is 10.1. The number of hydrogen-bond acceptors (Lipinski definition) is 5. The maximum absolute atomic E-state index is 11.9. The van der Waals surface area contributed by atoms with Gasteiger partial charge < -0.3 is 15.8 Å². The summed E-state index contributed by atoms with van der Waals surface area (Å²) in [6, 6.07) is 0. The highest BCUT2D eigenvalue weighted by atomic mass is 32.2. The topological polar surface area (TPSA) is 96.0 Å². The lowest BCUT2D eigenvalue weighted by Gasteiger charge is -2.24. The van der Waals surface area contributed by atoms with Gasteiger partial charge in [-0.25, -0.2) is 8.42 Å². The van der Waals surface area contributed by atoms with Crippen molar-refractivity contribution >= 4 is 15.7 Å². The molecule has 1 unspecified atom stereocenters. The monoisotopic (exact) mass is 279 g/mol. The Kier molecular flexibility index (Phi) is 6.09. The Morgan fingerprint density at radius 1 is 1.44 bits per heavy atom. The van der Waals surface area contributed by atoms with Gasteiger partial charge in [0.05, 0.1) is 10.5 Å². The van der Waals surface area contributed by atoms with Crippen molar-refractivity contribution in [3.63, 3.8) is 0 Å². The van der Waals surface area contributed by atoms with Gasteiger partial charge in [0.1, 0.15) is 5.84 Å². The molecule has 1 atom stereocenters. The van der Waals surface area contributed by atoms with Gasteiger partial charge in [0.15, 0.2) is 9.84 Å². The van der Waals surface area contributed by atoms with Gasteiger partial charge in [-0.05, 0) is 27.8 Å².